The van der Waals surface area contributed by atoms with Gasteiger partial charge in [0.1, 0.15) is 5.82 Å². The predicted molar refractivity (Wildman–Crippen MR) is 72.1 cm³/mol. The number of nitrogens with zero attached hydrogens (tertiary/aromatic N) is 1. The van der Waals surface area contributed by atoms with Crippen LogP contribution in [-0.4, -0.2) is 0 Å². The van der Waals surface area contributed by atoms with Gasteiger partial charge in [-0.25, -0.2) is 4.39 Å². The Balaban J connectivity index is 1.98. The van der Waals surface area contributed by atoms with Crippen molar-refractivity contribution in [1.29, 1.82) is 0 Å². The van der Waals surface area contributed by atoms with Crippen molar-refractivity contribution in [2.24, 2.45) is 0 Å². The summed E-state index contributed by atoms with van der Waals surface area (Å²) in [5.41, 5.74) is 7.26. The van der Waals surface area contributed by atoms with Crippen molar-refractivity contribution in [2.45, 2.75) is 19.3 Å². The fourth-order valence-electron chi connectivity index (χ4n) is 2.55. The molecule has 0 aliphatic carbocycles. The maximum atomic E-state index is 13.9. The molecular weight excluding hydrogens is 284 g/mol. The molecule has 0 fully saturated rings. The zero-order chi connectivity index (χ0) is 15.2. The molecule has 6 heteroatoms. The summed E-state index contributed by atoms with van der Waals surface area (Å²) in [4.78, 5) is 1.56. The SMILES string of the molecule is Nc1cccc2c1CN(c1cc(C(F)(F)F)ccc1F)C2. The highest BCUT2D eigenvalue weighted by molar-refractivity contribution is 5.60. The van der Waals surface area contributed by atoms with E-state index in [-0.39, 0.29) is 5.69 Å². The van der Waals surface area contributed by atoms with Crippen LogP contribution >= 0.6 is 0 Å². The zero-order valence-corrected chi connectivity index (χ0v) is 10.9. The Morgan fingerprint density at radius 1 is 1.05 bits per heavy atom. The molecule has 2 N–H and O–H groups in total. The topological polar surface area (TPSA) is 29.3 Å². The lowest BCUT2D eigenvalue weighted by Crippen LogP contribution is -2.17. The van der Waals surface area contributed by atoms with Gasteiger partial charge in [-0.3, -0.25) is 0 Å². The number of anilines is 2. The van der Waals surface area contributed by atoms with Crippen LogP contribution in [0.5, 0.6) is 0 Å². The Labute approximate surface area is 118 Å². The summed E-state index contributed by atoms with van der Waals surface area (Å²) >= 11 is 0. The largest absolute Gasteiger partial charge is 0.416 e. The van der Waals surface area contributed by atoms with E-state index >= 15 is 0 Å². The van der Waals surface area contributed by atoms with E-state index in [2.05, 4.69) is 0 Å². The molecule has 2 aromatic rings. The molecule has 0 bridgehead atoms. The molecule has 1 heterocycles. The molecule has 21 heavy (non-hydrogen) atoms. The summed E-state index contributed by atoms with van der Waals surface area (Å²) in [7, 11) is 0. The molecule has 0 radical (unpaired) electrons. The van der Waals surface area contributed by atoms with Crippen molar-refractivity contribution >= 4 is 11.4 Å². The average molecular weight is 296 g/mol. The Morgan fingerprint density at radius 3 is 2.48 bits per heavy atom. The molecule has 2 aromatic carbocycles. The van der Waals surface area contributed by atoms with Gasteiger partial charge in [0.15, 0.2) is 0 Å². The van der Waals surface area contributed by atoms with Crippen molar-refractivity contribution in [2.75, 3.05) is 10.6 Å². The number of hydrogen-bond acceptors (Lipinski definition) is 2. The first-order valence-corrected chi connectivity index (χ1v) is 6.34. The molecule has 0 saturated carbocycles. The second kappa shape index (κ2) is 4.65. The van der Waals surface area contributed by atoms with Crippen molar-refractivity contribution < 1.29 is 17.6 Å². The van der Waals surface area contributed by atoms with Gasteiger partial charge in [0, 0.05) is 18.8 Å². The number of alkyl halides is 3. The van der Waals surface area contributed by atoms with Crippen LogP contribution in [0.4, 0.5) is 28.9 Å². The van der Waals surface area contributed by atoms with Crippen LogP contribution in [0.25, 0.3) is 0 Å². The Bertz CT molecular complexity index is 695. The van der Waals surface area contributed by atoms with Gasteiger partial charge in [-0.2, -0.15) is 13.2 Å². The first kappa shape index (κ1) is 13.7. The molecule has 3 rings (SSSR count). The Morgan fingerprint density at radius 2 is 1.81 bits per heavy atom. The van der Waals surface area contributed by atoms with Crippen LogP contribution in [0.1, 0.15) is 16.7 Å². The average Bonchev–Trinajstić information content (AvgIpc) is 2.83. The van der Waals surface area contributed by atoms with Gasteiger partial charge < -0.3 is 10.6 Å². The normalized spacial score (nSPS) is 14.4. The van der Waals surface area contributed by atoms with Crippen molar-refractivity contribution in [3.63, 3.8) is 0 Å². The maximum absolute atomic E-state index is 13.9. The van der Waals surface area contributed by atoms with Crippen LogP contribution in [0.3, 0.4) is 0 Å². The molecule has 0 amide bonds. The van der Waals surface area contributed by atoms with Gasteiger partial charge in [0.25, 0.3) is 0 Å². The number of halogens is 4. The molecule has 0 spiro atoms. The quantitative estimate of drug-likeness (QED) is 0.638. The summed E-state index contributed by atoms with van der Waals surface area (Å²) in [6, 6.07) is 7.79. The summed E-state index contributed by atoms with van der Waals surface area (Å²) in [6.45, 7) is 0.652. The van der Waals surface area contributed by atoms with E-state index in [1.54, 1.807) is 17.0 Å². The lowest BCUT2D eigenvalue weighted by molar-refractivity contribution is -0.137. The van der Waals surface area contributed by atoms with Gasteiger partial charge in [-0.15, -0.1) is 0 Å². The highest BCUT2D eigenvalue weighted by Crippen LogP contribution is 2.37. The van der Waals surface area contributed by atoms with E-state index in [9.17, 15) is 17.6 Å². The van der Waals surface area contributed by atoms with Crippen LogP contribution in [0.2, 0.25) is 0 Å². The molecule has 1 aliphatic heterocycles. The molecule has 0 unspecified atom stereocenters. The standard InChI is InChI=1S/C15H12F4N2/c16-12-5-4-10(15(17,18)19)6-14(12)21-7-9-2-1-3-13(20)11(9)8-21/h1-6H,7-8,20H2. The van der Waals surface area contributed by atoms with E-state index in [1.165, 1.54) is 0 Å². The molecular formula is C15H12F4N2. The van der Waals surface area contributed by atoms with Gasteiger partial charge in [0.05, 0.1) is 11.3 Å². The molecule has 0 atom stereocenters. The van der Waals surface area contributed by atoms with E-state index < -0.39 is 17.6 Å². The zero-order valence-electron chi connectivity index (χ0n) is 10.9. The van der Waals surface area contributed by atoms with E-state index in [0.29, 0.717) is 18.8 Å². The van der Waals surface area contributed by atoms with E-state index in [0.717, 1.165) is 29.3 Å². The minimum absolute atomic E-state index is 0.0552. The minimum Gasteiger partial charge on any atom is -0.398 e. The summed E-state index contributed by atoms with van der Waals surface area (Å²) < 4.78 is 52.2. The summed E-state index contributed by atoms with van der Waals surface area (Å²) in [5, 5.41) is 0. The number of hydrogen-bond donors (Lipinski definition) is 1. The van der Waals surface area contributed by atoms with Gasteiger partial charge in [-0.1, -0.05) is 12.1 Å². The number of benzene rings is 2. The van der Waals surface area contributed by atoms with Gasteiger partial charge >= 0.3 is 6.18 Å². The highest BCUT2D eigenvalue weighted by Gasteiger charge is 2.32. The number of fused-ring (bicyclic) bond motifs is 1. The maximum Gasteiger partial charge on any atom is 0.416 e. The third-order valence-electron chi connectivity index (χ3n) is 3.63. The fourth-order valence-corrected chi connectivity index (χ4v) is 2.55. The predicted octanol–water partition coefficient (Wildman–Crippen LogP) is 3.95. The fraction of sp³-hybridized carbons (Fsp3) is 0.200. The smallest absolute Gasteiger partial charge is 0.398 e. The number of rotatable bonds is 1. The molecule has 0 aromatic heterocycles. The third kappa shape index (κ3) is 2.41. The Hall–Kier alpha value is -2.24. The molecule has 110 valence electrons. The molecule has 0 saturated heterocycles. The molecule has 2 nitrogen and oxygen atoms in total. The van der Waals surface area contributed by atoms with Crippen LogP contribution in [0, 0.1) is 5.82 Å². The van der Waals surface area contributed by atoms with Crippen LogP contribution in [-0.2, 0) is 19.3 Å². The molecule has 1 aliphatic rings. The monoisotopic (exact) mass is 296 g/mol. The van der Waals surface area contributed by atoms with Crippen molar-refractivity contribution in [1.82, 2.24) is 0 Å². The van der Waals surface area contributed by atoms with Crippen molar-refractivity contribution in [3.05, 3.63) is 58.9 Å². The highest BCUT2D eigenvalue weighted by atomic mass is 19.4. The van der Waals surface area contributed by atoms with Gasteiger partial charge in [0.2, 0.25) is 0 Å². The van der Waals surface area contributed by atoms with Crippen molar-refractivity contribution in [3.8, 4) is 0 Å². The first-order chi connectivity index (χ1) is 9.86. The second-order valence-electron chi connectivity index (χ2n) is 5.00. The van der Waals surface area contributed by atoms with Gasteiger partial charge in [-0.05, 0) is 35.4 Å². The lowest BCUT2D eigenvalue weighted by atomic mass is 10.1. The van der Waals surface area contributed by atoms with E-state index in [1.807, 2.05) is 6.07 Å². The number of nitrogens with two attached hydrogens (primary N) is 1. The van der Waals surface area contributed by atoms with Crippen LogP contribution in [0.15, 0.2) is 36.4 Å². The summed E-state index contributed by atoms with van der Waals surface area (Å²) in [5.74, 6) is -0.672. The first-order valence-electron chi connectivity index (χ1n) is 6.34. The summed E-state index contributed by atoms with van der Waals surface area (Å²) in [6.07, 6.45) is -4.49. The second-order valence-corrected chi connectivity index (χ2v) is 5.00. The minimum atomic E-state index is -4.49. The lowest BCUT2D eigenvalue weighted by Gasteiger charge is -2.20. The Kier molecular flexibility index (Phi) is 3.04. The number of nitrogen functional groups attached to an aromatic ring is 1. The van der Waals surface area contributed by atoms with E-state index in [4.69, 9.17) is 5.73 Å². The third-order valence-corrected chi connectivity index (χ3v) is 3.63. The van der Waals surface area contributed by atoms with Crippen LogP contribution < -0.4 is 10.6 Å².